The summed E-state index contributed by atoms with van der Waals surface area (Å²) in [5.41, 5.74) is -2.21. The van der Waals surface area contributed by atoms with Crippen LogP contribution in [0.2, 0.25) is 0 Å². The molecule has 1 aromatic carbocycles. The zero-order valence-electron chi connectivity index (χ0n) is 13.4. The Morgan fingerprint density at radius 3 is 1.57 bits per heavy atom. The van der Waals surface area contributed by atoms with Crippen molar-refractivity contribution in [3.8, 4) is 0 Å². The smallest absolute Gasteiger partial charge is 0.384 e. The number of alkyl halides is 11. The molecular weight excluding hydrogens is 426 g/mol. The van der Waals surface area contributed by atoms with Crippen LogP contribution in [0, 0.1) is 6.92 Å². The molecule has 0 aliphatic carbocycles. The Bertz CT molecular complexity index is 686. The Morgan fingerprint density at radius 2 is 1.21 bits per heavy atom. The summed E-state index contributed by atoms with van der Waals surface area (Å²) < 4.78 is 144. The molecule has 1 atom stereocenters. The molecule has 0 heterocycles. The van der Waals surface area contributed by atoms with Gasteiger partial charge in [-0.15, -0.1) is 0 Å². The van der Waals surface area contributed by atoms with Gasteiger partial charge in [-0.2, -0.15) is 35.1 Å². The first-order valence-electron chi connectivity index (χ1n) is 6.78. The van der Waals surface area contributed by atoms with Crippen molar-refractivity contribution in [1.82, 2.24) is 0 Å². The first-order chi connectivity index (χ1) is 12.1. The number of hydrogen-bond donors (Lipinski definition) is 1. The highest BCUT2D eigenvalue weighted by molar-refractivity contribution is 6.04. The Balaban J connectivity index is 0.00000729. The lowest BCUT2D eigenvalue weighted by Gasteiger charge is -2.37. The van der Waals surface area contributed by atoms with Gasteiger partial charge in [-0.3, -0.25) is 4.70 Å². The van der Waals surface area contributed by atoms with Crippen molar-refractivity contribution in [2.45, 2.75) is 43.2 Å². The van der Waals surface area contributed by atoms with E-state index in [0.717, 1.165) is 24.3 Å². The molecule has 0 aliphatic heterocycles. The van der Waals surface area contributed by atoms with Gasteiger partial charge < -0.3 is 5.21 Å². The van der Waals surface area contributed by atoms with Gasteiger partial charge in [0.2, 0.25) is 6.17 Å². The summed E-state index contributed by atoms with van der Waals surface area (Å²) >= 11 is 0. The summed E-state index contributed by atoms with van der Waals surface area (Å²) in [6.45, 7) is 1.46. The van der Waals surface area contributed by atoms with Gasteiger partial charge in [0.15, 0.2) is 0 Å². The van der Waals surface area contributed by atoms with Crippen molar-refractivity contribution in [1.29, 1.82) is 0 Å². The maximum atomic E-state index is 14.0. The molecule has 1 unspecified atom stereocenters. The molecule has 1 aromatic rings. The van der Waals surface area contributed by atoms with Gasteiger partial charge in [0.25, 0.3) is 0 Å². The SMILES string of the molecule is Cc1ccc(/C(=N/O)C(F)C(F)(F)C(F)(F)C(F)(F)C(F)(F)C(F)F)cc1.F. The molecule has 0 amide bonds. The van der Waals surface area contributed by atoms with Crippen molar-refractivity contribution in [3.63, 3.8) is 0 Å². The van der Waals surface area contributed by atoms with Crippen LogP contribution < -0.4 is 0 Å². The fourth-order valence-electron chi connectivity index (χ4n) is 1.87. The summed E-state index contributed by atoms with van der Waals surface area (Å²) in [4.78, 5) is 0. The van der Waals surface area contributed by atoms with Gasteiger partial charge in [0.1, 0.15) is 5.71 Å². The monoisotopic (exact) mass is 437 g/mol. The van der Waals surface area contributed by atoms with E-state index in [1.165, 1.54) is 6.92 Å². The summed E-state index contributed by atoms with van der Waals surface area (Å²) in [5.74, 6) is -28.2. The summed E-state index contributed by atoms with van der Waals surface area (Å²) in [6, 6.07) is 3.81. The van der Waals surface area contributed by atoms with E-state index >= 15 is 0 Å². The molecule has 0 saturated carbocycles. The van der Waals surface area contributed by atoms with Gasteiger partial charge in [-0.1, -0.05) is 35.0 Å². The third kappa shape index (κ3) is 3.85. The second-order valence-corrected chi connectivity index (χ2v) is 5.41. The molecule has 162 valence electrons. The number of rotatable bonds is 7. The molecule has 0 bridgehead atoms. The van der Waals surface area contributed by atoms with Crippen molar-refractivity contribution >= 4 is 5.71 Å². The van der Waals surface area contributed by atoms with Gasteiger partial charge in [0.05, 0.1) is 0 Å². The fourth-order valence-corrected chi connectivity index (χ4v) is 1.87. The van der Waals surface area contributed by atoms with Gasteiger partial charge in [0, 0.05) is 5.56 Å². The molecule has 0 saturated heterocycles. The van der Waals surface area contributed by atoms with Crippen LogP contribution in [-0.2, 0) is 0 Å². The number of nitrogens with zero attached hydrogens (tertiary/aromatic N) is 1. The first kappa shape index (κ1) is 25.9. The summed E-state index contributed by atoms with van der Waals surface area (Å²) in [7, 11) is 0. The summed E-state index contributed by atoms with van der Waals surface area (Å²) in [5, 5.41) is 10.6. The molecule has 0 aromatic heterocycles. The van der Waals surface area contributed by atoms with Gasteiger partial charge in [-0.05, 0) is 6.92 Å². The number of halogens is 12. The molecule has 1 rings (SSSR count). The zero-order chi connectivity index (χ0) is 21.4. The van der Waals surface area contributed by atoms with Crippen LogP contribution in [0.3, 0.4) is 0 Å². The highest BCUT2D eigenvalue weighted by atomic mass is 19.4. The minimum absolute atomic E-state index is 0. The van der Waals surface area contributed by atoms with Crippen molar-refractivity contribution in [2.75, 3.05) is 0 Å². The van der Waals surface area contributed by atoms with Crippen LogP contribution in [0.25, 0.3) is 0 Å². The van der Waals surface area contributed by atoms with Gasteiger partial charge in [-0.25, -0.2) is 13.2 Å². The lowest BCUT2D eigenvalue weighted by Crippen LogP contribution is -2.67. The van der Waals surface area contributed by atoms with Crippen LogP contribution in [0.4, 0.5) is 53.0 Å². The Labute approximate surface area is 149 Å². The van der Waals surface area contributed by atoms with Crippen LogP contribution in [0.1, 0.15) is 11.1 Å². The highest BCUT2D eigenvalue weighted by Gasteiger charge is 2.84. The topological polar surface area (TPSA) is 32.6 Å². The molecule has 28 heavy (non-hydrogen) atoms. The van der Waals surface area contributed by atoms with Crippen LogP contribution in [0.15, 0.2) is 29.4 Å². The van der Waals surface area contributed by atoms with Crippen LogP contribution >= 0.6 is 0 Å². The number of aryl methyl sites for hydroxylation is 1. The van der Waals surface area contributed by atoms with Crippen LogP contribution in [-0.4, -0.2) is 47.2 Å². The van der Waals surface area contributed by atoms with E-state index in [1.54, 1.807) is 0 Å². The zero-order valence-corrected chi connectivity index (χ0v) is 13.4. The second-order valence-electron chi connectivity index (χ2n) is 5.41. The minimum atomic E-state index is -7.34. The maximum Gasteiger partial charge on any atom is 0.384 e. The van der Waals surface area contributed by atoms with Gasteiger partial charge >= 0.3 is 30.1 Å². The second kappa shape index (κ2) is 8.07. The predicted octanol–water partition coefficient (Wildman–Crippen LogP) is 5.47. The van der Waals surface area contributed by atoms with E-state index in [0.29, 0.717) is 5.56 Å². The number of hydrogen-bond acceptors (Lipinski definition) is 2. The molecule has 0 spiro atoms. The lowest BCUT2D eigenvalue weighted by molar-refractivity contribution is -0.387. The van der Waals surface area contributed by atoms with E-state index < -0.39 is 47.6 Å². The average Bonchev–Trinajstić information content (AvgIpc) is 2.56. The largest absolute Gasteiger partial charge is 0.411 e. The Morgan fingerprint density at radius 1 is 0.821 bits per heavy atom. The number of benzene rings is 1. The average molecular weight is 437 g/mol. The van der Waals surface area contributed by atoms with E-state index in [2.05, 4.69) is 0 Å². The molecule has 0 aliphatic rings. The molecule has 0 radical (unpaired) electrons. The third-order valence-corrected chi connectivity index (χ3v) is 3.52. The summed E-state index contributed by atoms with van der Waals surface area (Å²) in [6.07, 6.45) is -9.99. The molecule has 2 nitrogen and oxygen atoms in total. The van der Waals surface area contributed by atoms with E-state index in [9.17, 15) is 48.3 Å². The van der Waals surface area contributed by atoms with E-state index in [4.69, 9.17) is 5.21 Å². The highest BCUT2D eigenvalue weighted by Crippen LogP contribution is 2.55. The maximum absolute atomic E-state index is 14.0. The normalized spacial score (nSPS) is 15.4. The molecule has 14 heteroatoms. The van der Waals surface area contributed by atoms with E-state index in [1.807, 2.05) is 5.16 Å². The van der Waals surface area contributed by atoms with E-state index in [-0.39, 0.29) is 4.70 Å². The molecule has 1 N–H and O–H groups in total. The van der Waals surface area contributed by atoms with Crippen molar-refractivity contribution in [2.24, 2.45) is 5.16 Å². The standard InChI is InChI=1S/C14H10F11NO.FH/c1-6-2-4-7(5-3-6)8(26-27)9(15)11(18,19)13(22,23)14(24,25)12(20,21)10(16)17;/h2-5,9-10,27H,1H3;1H/b26-8-;. The predicted molar refractivity (Wildman–Crippen MR) is 72.7 cm³/mol. The number of oxime groups is 1. The first-order valence-corrected chi connectivity index (χ1v) is 6.78. The van der Waals surface area contributed by atoms with Crippen molar-refractivity contribution < 1.29 is 58.2 Å². The Kier molecular flexibility index (Phi) is 7.45. The molecular formula is C14H11F12NO. The molecule has 0 fully saturated rings. The lowest BCUT2D eigenvalue weighted by atomic mass is 9.91. The third-order valence-electron chi connectivity index (χ3n) is 3.52. The van der Waals surface area contributed by atoms with Crippen molar-refractivity contribution in [3.05, 3.63) is 35.4 Å². The van der Waals surface area contributed by atoms with Crippen LogP contribution in [0.5, 0.6) is 0 Å². The minimum Gasteiger partial charge on any atom is -0.411 e. The quantitative estimate of drug-likeness (QED) is 0.261. The Hall–Kier alpha value is -2.15. The fraction of sp³-hybridized carbons (Fsp3) is 0.500.